The third kappa shape index (κ3) is 3.52. The summed E-state index contributed by atoms with van der Waals surface area (Å²) in [5, 5.41) is 4.45. The standard InChI is InChI=1S/C20H24BrN3O2/c1-26-19-7-2-14(3-8-19)4-9-20(25)24-16-5-6-17(24)11-18(10-16)23-13-15(21)12-22-23/h2-3,7-8,12-13,16-18H,4-6,9-11H2,1H3. The SMILES string of the molecule is COc1ccc(CCC(=O)N2C3CCC2CC(n2cc(Br)cn2)C3)cc1. The van der Waals surface area contributed by atoms with Crippen molar-refractivity contribution >= 4 is 21.8 Å². The first-order valence-corrected chi connectivity index (χ1v) is 10.1. The fourth-order valence-electron chi connectivity index (χ4n) is 4.46. The molecule has 2 aliphatic heterocycles. The summed E-state index contributed by atoms with van der Waals surface area (Å²) >= 11 is 3.48. The Morgan fingerprint density at radius 3 is 2.46 bits per heavy atom. The molecule has 1 amide bonds. The first-order chi connectivity index (χ1) is 12.6. The second-order valence-corrected chi connectivity index (χ2v) is 8.21. The van der Waals surface area contributed by atoms with E-state index in [0.29, 0.717) is 30.5 Å². The largest absolute Gasteiger partial charge is 0.497 e. The van der Waals surface area contributed by atoms with Crippen LogP contribution in [0.5, 0.6) is 5.75 Å². The molecule has 0 radical (unpaired) electrons. The average molecular weight is 418 g/mol. The number of hydrogen-bond donors (Lipinski definition) is 0. The number of carbonyl (C=O) groups is 1. The van der Waals surface area contributed by atoms with E-state index in [-0.39, 0.29) is 0 Å². The van der Waals surface area contributed by atoms with Crippen LogP contribution in [0.4, 0.5) is 0 Å². The zero-order valence-electron chi connectivity index (χ0n) is 15.0. The second-order valence-electron chi connectivity index (χ2n) is 7.30. The molecule has 1 aromatic heterocycles. The van der Waals surface area contributed by atoms with Gasteiger partial charge in [0.15, 0.2) is 0 Å². The minimum Gasteiger partial charge on any atom is -0.497 e. The Balaban J connectivity index is 1.36. The predicted octanol–water partition coefficient (Wildman–Crippen LogP) is 3.98. The summed E-state index contributed by atoms with van der Waals surface area (Å²) in [7, 11) is 1.67. The highest BCUT2D eigenvalue weighted by atomic mass is 79.9. The van der Waals surface area contributed by atoms with Gasteiger partial charge in [0.25, 0.3) is 0 Å². The number of nitrogens with zero attached hydrogens (tertiary/aromatic N) is 3. The van der Waals surface area contributed by atoms with Crippen molar-refractivity contribution in [2.24, 2.45) is 0 Å². The monoisotopic (exact) mass is 417 g/mol. The molecule has 0 N–H and O–H groups in total. The molecule has 0 aliphatic carbocycles. The number of amides is 1. The molecule has 2 aliphatic rings. The van der Waals surface area contributed by atoms with E-state index in [0.717, 1.165) is 42.3 Å². The van der Waals surface area contributed by atoms with Crippen molar-refractivity contribution in [2.45, 2.75) is 56.7 Å². The van der Waals surface area contributed by atoms with Crippen LogP contribution in [0.2, 0.25) is 0 Å². The van der Waals surface area contributed by atoms with E-state index in [1.165, 1.54) is 5.56 Å². The molecular formula is C20H24BrN3O2. The van der Waals surface area contributed by atoms with Crippen molar-refractivity contribution in [1.82, 2.24) is 14.7 Å². The molecule has 2 saturated heterocycles. The Hall–Kier alpha value is -1.82. The van der Waals surface area contributed by atoms with Crippen molar-refractivity contribution in [3.8, 4) is 5.75 Å². The van der Waals surface area contributed by atoms with Crippen molar-refractivity contribution < 1.29 is 9.53 Å². The van der Waals surface area contributed by atoms with Crippen LogP contribution in [-0.2, 0) is 11.2 Å². The van der Waals surface area contributed by atoms with Crippen LogP contribution < -0.4 is 4.74 Å². The highest BCUT2D eigenvalue weighted by Gasteiger charge is 2.43. The van der Waals surface area contributed by atoms with Gasteiger partial charge in [0.1, 0.15) is 5.75 Å². The smallest absolute Gasteiger partial charge is 0.223 e. The second kappa shape index (κ2) is 7.43. The van der Waals surface area contributed by atoms with Crippen LogP contribution in [0.15, 0.2) is 41.1 Å². The number of carbonyl (C=O) groups excluding carboxylic acids is 1. The quantitative estimate of drug-likeness (QED) is 0.738. The summed E-state index contributed by atoms with van der Waals surface area (Å²) < 4.78 is 8.27. The molecule has 0 spiro atoms. The summed E-state index contributed by atoms with van der Waals surface area (Å²) in [6, 6.07) is 9.14. The molecular weight excluding hydrogens is 394 g/mol. The number of aryl methyl sites for hydroxylation is 1. The Bertz CT molecular complexity index is 760. The third-order valence-corrected chi connectivity index (χ3v) is 6.14. The lowest BCUT2D eigenvalue weighted by atomic mass is 9.96. The van der Waals surface area contributed by atoms with Gasteiger partial charge in [-0.25, -0.2) is 0 Å². The van der Waals surface area contributed by atoms with E-state index in [1.54, 1.807) is 7.11 Å². The van der Waals surface area contributed by atoms with E-state index >= 15 is 0 Å². The summed E-state index contributed by atoms with van der Waals surface area (Å²) in [4.78, 5) is 15.1. The van der Waals surface area contributed by atoms with Gasteiger partial charge in [0.2, 0.25) is 5.91 Å². The molecule has 5 nitrogen and oxygen atoms in total. The maximum absolute atomic E-state index is 12.9. The zero-order chi connectivity index (χ0) is 18.1. The highest BCUT2D eigenvalue weighted by molar-refractivity contribution is 9.10. The lowest BCUT2D eigenvalue weighted by Gasteiger charge is -2.39. The summed E-state index contributed by atoms with van der Waals surface area (Å²) in [5.41, 5.74) is 1.18. The van der Waals surface area contributed by atoms with E-state index in [9.17, 15) is 4.79 Å². The summed E-state index contributed by atoms with van der Waals surface area (Å²) in [5.74, 6) is 1.15. The van der Waals surface area contributed by atoms with Crippen LogP contribution in [0.25, 0.3) is 0 Å². The number of aromatic nitrogens is 2. The Morgan fingerprint density at radius 1 is 1.19 bits per heavy atom. The molecule has 6 heteroatoms. The van der Waals surface area contributed by atoms with Crippen LogP contribution >= 0.6 is 15.9 Å². The van der Waals surface area contributed by atoms with Gasteiger partial charge in [-0.3, -0.25) is 9.48 Å². The molecule has 1 aromatic carbocycles. The number of methoxy groups -OCH3 is 1. The van der Waals surface area contributed by atoms with Crippen LogP contribution in [0.3, 0.4) is 0 Å². The fourth-order valence-corrected chi connectivity index (χ4v) is 4.76. The van der Waals surface area contributed by atoms with Gasteiger partial charge in [-0.15, -0.1) is 0 Å². The number of fused-ring (bicyclic) bond motifs is 2. The Labute approximate surface area is 162 Å². The lowest BCUT2D eigenvalue weighted by molar-refractivity contribution is -0.136. The van der Waals surface area contributed by atoms with Gasteiger partial charge in [-0.05, 0) is 65.7 Å². The fraction of sp³-hybridized carbons (Fsp3) is 0.500. The molecule has 26 heavy (non-hydrogen) atoms. The van der Waals surface area contributed by atoms with Crippen molar-refractivity contribution in [3.63, 3.8) is 0 Å². The van der Waals surface area contributed by atoms with Gasteiger partial charge in [-0.2, -0.15) is 5.10 Å². The minimum atomic E-state index is 0.299. The number of hydrogen-bond acceptors (Lipinski definition) is 3. The van der Waals surface area contributed by atoms with Gasteiger partial charge >= 0.3 is 0 Å². The highest BCUT2D eigenvalue weighted by Crippen LogP contribution is 2.41. The van der Waals surface area contributed by atoms with Gasteiger partial charge < -0.3 is 9.64 Å². The first kappa shape index (κ1) is 17.6. The summed E-state index contributed by atoms with van der Waals surface area (Å²) in [6.45, 7) is 0. The van der Waals surface area contributed by atoms with Crippen molar-refractivity contribution in [1.29, 1.82) is 0 Å². The minimum absolute atomic E-state index is 0.299. The van der Waals surface area contributed by atoms with E-state index in [4.69, 9.17) is 4.74 Å². The lowest BCUT2D eigenvalue weighted by Crippen LogP contribution is -2.47. The summed E-state index contributed by atoms with van der Waals surface area (Å²) in [6.07, 6.45) is 9.53. The van der Waals surface area contributed by atoms with Gasteiger partial charge in [0.05, 0.1) is 23.8 Å². The van der Waals surface area contributed by atoms with Crippen molar-refractivity contribution in [3.05, 3.63) is 46.7 Å². The molecule has 2 fully saturated rings. The van der Waals surface area contributed by atoms with E-state index < -0.39 is 0 Å². The third-order valence-electron chi connectivity index (χ3n) is 5.73. The zero-order valence-corrected chi connectivity index (χ0v) is 16.6. The normalized spacial score (nSPS) is 24.7. The molecule has 2 bridgehead atoms. The topological polar surface area (TPSA) is 47.4 Å². The predicted molar refractivity (Wildman–Crippen MR) is 103 cm³/mol. The molecule has 4 rings (SSSR count). The molecule has 2 unspecified atom stereocenters. The van der Waals surface area contributed by atoms with Crippen LogP contribution in [-0.4, -0.2) is 39.8 Å². The Morgan fingerprint density at radius 2 is 1.88 bits per heavy atom. The molecule has 2 atom stereocenters. The van der Waals surface area contributed by atoms with Crippen LogP contribution in [0.1, 0.15) is 43.7 Å². The van der Waals surface area contributed by atoms with Crippen molar-refractivity contribution in [2.75, 3.05) is 7.11 Å². The average Bonchev–Trinajstić information content (AvgIpc) is 3.21. The number of piperidine rings is 1. The molecule has 2 aromatic rings. The maximum atomic E-state index is 12.9. The Kier molecular flexibility index (Phi) is 5.02. The number of halogens is 1. The van der Waals surface area contributed by atoms with Crippen LogP contribution in [0, 0.1) is 0 Å². The molecule has 138 valence electrons. The number of benzene rings is 1. The van der Waals surface area contributed by atoms with E-state index in [2.05, 4.69) is 30.6 Å². The number of ether oxygens (including phenoxy) is 1. The number of rotatable bonds is 5. The molecule has 3 heterocycles. The van der Waals surface area contributed by atoms with Gasteiger partial charge in [0, 0.05) is 24.7 Å². The van der Waals surface area contributed by atoms with E-state index in [1.807, 2.05) is 36.7 Å². The maximum Gasteiger partial charge on any atom is 0.223 e. The molecule has 0 saturated carbocycles. The first-order valence-electron chi connectivity index (χ1n) is 9.28. The van der Waals surface area contributed by atoms with Gasteiger partial charge in [-0.1, -0.05) is 12.1 Å².